The molecule has 1 atom stereocenters. The van der Waals surface area contributed by atoms with Crippen LogP contribution in [0.2, 0.25) is 0 Å². The van der Waals surface area contributed by atoms with E-state index in [2.05, 4.69) is 25.7 Å². The molecule has 0 aromatic carbocycles. The van der Waals surface area contributed by atoms with Gasteiger partial charge in [-0.15, -0.1) is 0 Å². The van der Waals surface area contributed by atoms with Crippen LogP contribution >= 0.6 is 0 Å². The lowest BCUT2D eigenvalue weighted by Gasteiger charge is -2.32. The van der Waals surface area contributed by atoms with E-state index in [4.69, 9.17) is 9.47 Å². The first-order chi connectivity index (χ1) is 6.70. The van der Waals surface area contributed by atoms with E-state index in [1.807, 2.05) is 0 Å². The maximum atomic E-state index is 5.55. The second kappa shape index (κ2) is 6.38. The summed E-state index contributed by atoms with van der Waals surface area (Å²) in [7, 11) is 0. The van der Waals surface area contributed by atoms with Crippen LogP contribution in [-0.2, 0) is 9.47 Å². The van der Waals surface area contributed by atoms with Gasteiger partial charge in [0.25, 0.3) is 0 Å². The Hall–Kier alpha value is -0.120. The minimum Gasteiger partial charge on any atom is -0.379 e. The summed E-state index contributed by atoms with van der Waals surface area (Å²) in [6.07, 6.45) is 1.48. The van der Waals surface area contributed by atoms with Crippen LogP contribution in [0.15, 0.2) is 0 Å². The van der Waals surface area contributed by atoms with Crippen LogP contribution < -0.4 is 0 Å². The average Bonchev–Trinajstić information content (AvgIpc) is 2.18. The lowest BCUT2D eigenvalue weighted by atomic mass is 10.2. The number of hydrogen-bond acceptors (Lipinski definition) is 3. The first-order valence-electron chi connectivity index (χ1n) is 5.63. The third kappa shape index (κ3) is 4.40. The van der Waals surface area contributed by atoms with Crippen molar-refractivity contribution in [2.24, 2.45) is 0 Å². The average molecular weight is 201 g/mol. The van der Waals surface area contributed by atoms with Crippen molar-refractivity contribution < 1.29 is 9.47 Å². The van der Waals surface area contributed by atoms with Gasteiger partial charge < -0.3 is 9.47 Å². The van der Waals surface area contributed by atoms with Gasteiger partial charge in [0.15, 0.2) is 0 Å². The van der Waals surface area contributed by atoms with Gasteiger partial charge in [0.05, 0.1) is 19.3 Å². The fourth-order valence-corrected chi connectivity index (χ4v) is 1.68. The van der Waals surface area contributed by atoms with Crippen molar-refractivity contribution in [1.29, 1.82) is 0 Å². The zero-order valence-corrected chi connectivity index (χ0v) is 9.66. The van der Waals surface area contributed by atoms with Crippen molar-refractivity contribution >= 4 is 0 Å². The highest BCUT2D eigenvalue weighted by molar-refractivity contribution is 4.69. The van der Waals surface area contributed by atoms with Crippen LogP contribution in [-0.4, -0.2) is 50.0 Å². The molecule has 3 nitrogen and oxygen atoms in total. The Morgan fingerprint density at radius 1 is 1.21 bits per heavy atom. The normalized spacial score (nSPS) is 21.4. The van der Waals surface area contributed by atoms with Gasteiger partial charge in [-0.05, 0) is 27.2 Å². The molecule has 84 valence electrons. The van der Waals surface area contributed by atoms with E-state index in [-0.39, 0.29) is 0 Å². The van der Waals surface area contributed by atoms with Crippen LogP contribution in [0, 0.1) is 0 Å². The predicted octanol–water partition coefficient (Wildman–Crippen LogP) is 1.52. The number of nitrogens with zero attached hydrogens (tertiary/aromatic N) is 1. The summed E-state index contributed by atoms with van der Waals surface area (Å²) in [5, 5.41) is 0. The van der Waals surface area contributed by atoms with Gasteiger partial charge in [-0.3, -0.25) is 4.90 Å². The van der Waals surface area contributed by atoms with Crippen LogP contribution in [0.1, 0.15) is 27.2 Å². The zero-order chi connectivity index (χ0) is 10.4. The van der Waals surface area contributed by atoms with Crippen LogP contribution in [0.5, 0.6) is 0 Å². The van der Waals surface area contributed by atoms with Crippen molar-refractivity contribution in [3.8, 4) is 0 Å². The minimum absolute atomic E-state index is 0.354. The smallest absolute Gasteiger partial charge is 0.0594 e. The van der Waals surface area contributed by atoms with E-state index >= 15 is 0 Å². The fraction of sp³-hybridized carbons (Fsp3) is 1.00. The summed E-state index contributed by atoms with van der Waals surface area (Å²) in [5.74, 6) is 0. The van der Waals surface area contributed by atoms with E-state index in [1.54, 1.807) is 0 Å². The number of rotatable bonds is 5. The highest BCUT2D eigenvalue weighted by atomic mass is 16.5. The monoisotopic (exact) mass is 201 g/mol. The third-order valence-corrected chi connectivity index (χ3v) is 2.66. The van der Waals surface area contributed by atoms with Crippen molar-refractivity contribution in [2.45, 2.75) is 39.3 Å². The number of ether oxygens (including phenoxy) is 2. The maximum absolute atomic E-state index is 5.55. The first kappa shape index (κ1) is 12.0. The topological polar surface area (TPSA) is 21.7 Å². The molecule has 0 aromatic rings. The summed E-state index contributed by atoms with van der Waals surface area (Å²) < 4.78 is 10.9. The molecule has 14 heavy (non-hydrogen) atoms. The molecule has 0 N–H and O–H groups in total. The largest absolute Gasteiger partial charge is 0.379 e. The molecule has 1 heterocycles. The lowest BCUT2D eigenvalue weighted by Crippen LogP contribution is -2.42. The second-order valence-electron chi connectivity index (χ2n) is 4.21. The van der Waals surface area contributed by atoms with Crippen LogP contribution in [0.25, 0.3) is 0 Å². The fourth-order valence-electron chi connectivity index (χ4n) is 1.68. The minimum atomic E-state index is 0.354. The molecule has 0 amide bonds. The molecule has 0 aromatic heterocycles. The van der Waals surface area contributed by atoms with Gasteiger partial charge in [-0.2, -0.15) is 0 Å². The summed E-state index contributed by atoms with van der Waals surface area (Å²) in [4.78, 5) is 2.48. The molecule has 3 heteroatoms. The SMILES string of the molecule is CC(C)OCC[C@H](C)N1CCOCC1. The van der Waals surface area contributed by atoms with Crippen LogP contribution in [0.3, 0.4) is 0 Å². The van der Waals surface area contributed by atoms with E-state index in [1.165, 1.54) is 0 Å². The zero-order valence-electron chi connectivity index (χ0n) is 9.66. The highest BCUT2D eigenvalue weighted by Gasteiger charge is 2.16. The number of morpholine rings is 1. The highest BCUT2D eigenvalue weighted by Crippen LogP contribution is 2.07. The summed E-state index contributed by atoms with van der Waals surface area (Å²) in [6.45, 7) is 11.2. The molecule has 0 radical (unpaired) electrons. The Balaban J connectivity index is 2.10. The van der Waals surface area contributed by atoms with Crippen molar-refractivity contribution in [3.63, 3.8) is 0 Å². The molecule has 0 spiro atoms. The van der Waals surface area contributed by atoms with Crippen molar-refractivity contribution in [3.05, 3.63) is 0 Å². The van der Waals surface area contributed by atoms with Crippen molar-refractivity contribution in [1.82, 2.24) is 4.90 Å². The molecule has 0 saturated carbocycles. The van der Waals surface area contributed by atoms with E-state index < -0.39 is 0 Å². The Bertz CT molecular complexity index is 144. The molecule has 0 unspecified atom stereocenters. The number of hydrogen-bond donors (Lipinski definition) is 0. The molecule has 1 aliphatic heterocycles. The molecule has 0 bridgehead atoms. The van der Waals surface area contributed by atoms with E-state index in [9.17, 15) is 0 Å². The standard InChI is InChI=1S/C11H23NO2/c1-10(2)14-7-4-11(3)12-5-8-13-9-6-12/h10-11H,4-9H2,1-3H3/t11-/m0/s1. The predicted molar refractivity (Wildman–Crippen MR) is 57.6 cm³/mol. The first-order valence-corrected chi connectivity index (χ1v) is 5.63. The molecule has 1 aliphatic rings. The molecular formula is C11H23NO2. The van der Waals surface area contributed by atoms with E-state index in [0.717, 1.165) is 39.3 Å². The third-order valence-electron chi connectivity index (χ3n) is 2.66. The molecular weight excluding hydrogens is 178 g/mol. The van der Waals surface area contributed by atoms with Gasteiger partial charge in [0, 0.05) is 25.7 Å². The Kier molecular flexibility index (Phi) is 5.45. The maximum Gasteiger partial charge on any atom is 0.0594 e. The van der Waals surface area contributed by atoms with E-state index in [0.29, 0.717) is 12.1 Å². The summed E-state index contributed by atoms with van der Waals surface area (Å²) in [5.41, 5.74) is 0. The Labute approximate surface area is 87.4 Å². The van der Waals surface area contributed by atoms with Crippen molar-refractivity contribution in [2.75, 3.05) is 32.9 Å². The van der Waals surface area contributed by atoms with Gasteiger partial charge in [0.1, 0.15) is 0 Å². The summed E-state index contributed by atoms with van der Waals surface area (Å²) >= 11 is 0. The second-order valence-corrected chi connectivity index (χ2v) is 4.21. The molecule has 0 aliphatic carbocycles. The Morgan fingerprint density at radius 3 is 2.43 bits per heavy atom. The van der Waals surface area contributed by atoms with Gasteiger partial charge in [-0.1, -0.05) is 0 Å². The molecule has 1 fully saturated rings. The van der Waals surface area contributed by atoms with Gasteiger partial charge >= 0.3 is 0 Å². The molecule has 1 saturated heterocycles. The lowest BCUT2D eigenvalue weighted by molar-refractivity contribution is 0.00584. The van der Waals surface area contributed by atoms with Gasteiger partial charge in [0.2, 0.25) is 0 Å². The quantitative estimate of drug-likeness (QED) is 0.673. The Morgan fingerprint density at radius 2 is 1.86 bits per heavy atom. The molecule has 1 rings (SSSR count). The van der Waals surface area contributed by atoms with Crippen LogP contribution in [0.4, 0.5) is 0 Å². The summed E-state index contributed by atoms with van der Waals surface area (Å²) in [6, 6.07) is 0.623. The van der Waals surface area contributed by atoms with Gasteiger partial charge in [-0.25, -0.2) is 0 Å².